The summed E-state index contributed by atoms with van der Waals surface area (Å²) in [5.41, 5.74) is 3.88. The number of halogens is 2. The number of aliphatic hydroxyl groups is 1. The quantitative estimate of drug-likeness (QED) is 0.586. The second kappa shape index (κ2) is 6.69. The number of fused-ring (bicyclic) bond motifs is 1. The lowest BCUT2D eigenvalue weighted by atomic mass is 10.2. The number of nitrogens with one attached hydrogen (secondary N) is 2. The molecule has 22 heavy (non-hydrogen) atoms. The molecule has 0 spiro atoms. The maximum Gasteiger partial charge on any atom is 0.138 e. The van der Waals surface area contributed by atoms with Crippen molar-refractivity contribution in [2.45, 2.75) is 6.10 Å². The molecule has 1 heterocycles. The van der Waals surface area contributed by atoms with Crippen molar-refractivity contribution in [2.24, 2.45) is 0 Å². The van der Waals surface area contributed by atoms with Gasteiger partial charge in [-0.1, -0.05) is 15.9 Å². The number of alkyl halides is 1. The second-order valence-corrected chi connectivity index (χ2v) is 6.24. The molecule has 2 aromatic carbocycles. The van der Waals surface area contributed by atoms with Gasteiger partial charge in [-0.05, 0) is 42.5 Å². The van der Waals surface area contributed by atoms with Crippen LogP contribution in [0.15, 0.2) is 46.9 Å². The summed E-state index contributed by atoms with van der Waals surface area (Å²) in [6, 6.07) is 13.9. The highest BCUT2D eigenvalue weighted by atomic mass is 79.9. The molecule has 0 radical (unpaired) electrons. The molecule has 114 valence electrons. The van der Waals surface area contributed by atoms with Crippen molar-refractivity contribution >= 4 is 44.3 Å². The molecule has 0 aliphatic carbocycles. The average molecular weight is 381 g/mol. The zero-order chi connectivity index (χ0) is 15.5. The smallest absolute Gasteiger partial charge is 0.138 e. The van der Waals surface area contributed by atoms with E-state index in [1.54, 1.807) is 0 Å². The number of H-pyrrole nitrogens is 1. The van der Waals surface area contributed by atoms with Crippen molar-refractivity contribution in [1.82, 2.24) is 9.97 Å². The monoisotopic (exact) mass is 379 g/mol. The van der Waals surface area contributed by atoms with Crippen molar-refractivity contribution in [3.63, 3.8) is 0 Å². The van der Waals surface area contributed by atoms with Crippen LogP contribution in [0.5, 0.6) is 0 Å². The molecular formula is C16H15BrClN3O. The van der Waals surface area contributed by atoms with E-state index in [4.69, 9.17) is 11.6 Å². The molecule has 4 nitrogen and oxygen atoms in total. The van der Waals surface area contributed by atoms with Crippen LogP contribution in [0.25, 0.3) is 22.4 Å². The summed E-state index contributed by atoms with van der Waals surface area (Å²) in [6.07, 6.45) is -0.546. The number of anilines is 1. The van der Waals surface area contributed by atoms with Crippen LogP contribution in [0.4, 0.5) is 5.69 Å². The summed E-state index contributed by atoms with van der Waals surface area (Å²) in [7, 11) is 0. The first-order chi connectivity index (χ1) is 10.7. The van der Waals surface area contributed by atoms with E-state index in [0.29, 0.717) is 6.54 Å². The van der Waals surface area contributed by atoms with Gasteiger partial charge in [-0.2, -0.15) is 0 Å². The van der Waals surface area contributed by atoms with Gasteiger partial charge in [0.2, 0.25) is 0 Å². The van der Waals surface area contributed by atoms with Crippen LogP contribution < -0.4 is 5.32 Å². The van der Waals surface area contributed by atoms with Gasteiger partial charge in [-0.15, -0.1) is 11.6 Å². The Morgan fingerprint density at radius 1 is 1.23 bits per heavy atom. The van der Waals surface area contributed by atoms with Crippen molar-refractivity contribution in [1.29, 1.82) is 0 Å². The van der Waals surface area contributed by atoms with Gasteiger partial charge in [-0.3, -0.25) is 0 Å². The molecule has 1 unspecified atom stereocenters. The predicted molar refractivity (Wildman–Crippen MR) is 94.4 cm³/mol. The van der Waals surface area contributed by atoms with E-state index in [2.05, 4.69) is 31.2 Å². The Labute approximate surface area is 141 Å². The second-order valence-electron chi connectivity index (χ2n) is 5.01. The van der Waals surface area contributed by atoms with Crippen molar-refractivity contribution in [3.8, 4) is 11.4 Å². The van der Waals surface area contributed by atoms with Crippen LogP contribution in [0.2, 0.25) is 0 Å². The van der Waals surface area contributed by atoms with Crippen LogP contribution in [0.1, 0.15) is 0 Å². The van der Waals surface area contributed by atoms with E-state index >= 15 is 0 Å². The van der Waals surface area contributed by atoms with Gasteiger partial charge in [0, 0.05) is 22.3 Å². The van der Waals surface area contributed by atoms with Gasteiger partial charge >= 0.3 is 0 Å². The van der Waals surface area contributed by atoms with E-state index in [1.165, 1.54) is 0 Å². The zero-order valence-corrected chi connectivity index (χ0v) is 14.0. The number of aromatic nitrogens is 2. The van der Waals surface area contributed by atoms with E-state index in [0.717, 1.165) is 32.6 Å². The molecule has 1 atom stereocenters. The number of hydrogen-bond donors (Lipinski definition) is 3. The van der Waals surface area contributed by atoms with E-state index in [-0.39, 0.29) is 5.88 Å². The van der Waals surface area contributed by atoms with Crippen LogP contribution in [-0.2, 0) is 0 Å². The SMILES string of the molecule is OC(CCl)CNc1ccc(-c2nc3ccc(Br)cc3[nH]2)cc1. The van der Waals surface area contributed by atoms with Gasteiger partial charge in [0.15, 0.2) is 0 Å². The maximum atomic E-state index is 9.44. The first kappa shape index (κ1) is 15.3. The number of aliphatic hydroxyl groups excluding tert-OH is 1. The summed E-state index contributed by atoms with van der Waals surface area (Å²) >= 11 is 9.02. The van der Waals surface area contributed by atoms with E-state index in [9.17, 15) is 5.11 Å². The number of imidazole rings is 1. The number of hydrogen-bond acceptors (Lipinski definition) is 3. The molecule has 0 fully saturated rings. The molecule has 6 heteroatoms. The van der Waals surface area contributed by atoms with Gasteiger partial charge < -0.3 is 15.4 Å². The van der Waals surface area contributed by atoms with Crippen LogP contribution >= 0.6 is 27.5 Å². The molecule has 0 saturated heterocycles. The lowest BCUT2D eigenvalue weighted by molar-refractivity contribution is 0.211. The lowest BCUT2D eigenvalue weighted by Crippen LogP contribution is -2.20. The van der Waals surface area contributed by atoms with Gasteiger partial charge in [0.05, 0.1) is 23.0 Å². The minimum atomic E-state index is -0.546. The summed E-state index contributed by atoms with van der Waals surface area (Å²) in [5, 5.41) is 12.6. The maximum absolute atomic E-state index is 9.44. The highest BCUT2D eigenvalue weighted by Gasteiger charge is 2.06. The fraction of sp³-hybridized carbons (Fsp3) is 0.188. The molecule has 3 N–H and O–H groups in total. The number of rotatable bonds is 5. The van der Waals surface area contributed by atoms with Crippen molar-refractivity contribution in [3.05, 3.63) is 46.9 Å². The Bertz CT molecular complexity index is 773. The normalized spacial score (nSPS) is 12.5. The Morgan fingerprint density at radius 3 is 2.73 bits per heavy atom. The molecule has 0 amide bonds. The predicted octanol–water partition coefficient (Wildman–Crippen LogP) is 4.00. The Balaban J connectivity index is 1.79. The molecule has 0 saturated carbocycles. The largest absolute Gasteiger partial charge is 0.390 e. The molecule has 1 aromatic heterocycles. The average Bonchev–Trinajstić information content (AvgIpc) is 2.96. The summed E-state index contributed by atoms with van der Waals surface area (Å²) in [4.78, 5) is 7.90. The summed E-state index contributed by atoms with van der Waals surface area (Å²) in [5.74, 6) is 1.06. The highest BCUT2D eigenvalue weighted by Crippen LogP contribution is 2.24. The third kappa shape index (κ3) is 3.43. The standard InChI is InChI=1S/C16H15BrClN3O/c17-11-3-6-14-15(7-11)21-16(20-14)10-1-4-12(5-2-10)19-9-13(22)8-18/h1-7,13,19,22H,8-9H2,(H,20,21). The Kier molecular flexibility index (Phi) is 4.66. The molecular weight excluding hydrogens is 366 g/mol. The molecule has 0 aliphatic rings. The highest BCUT2D eigenvalue weighted by molar-refractivity contribution is 9.10. The number of benzene rings is 2. The van der Waals surface area contributed by atoms with Crippen molar-refractivity contribution in [2.75, 3.05) is 17.7 Å². The first-order valence-corrected chi connectivity index (χ1v) is 8.22. The van der Waals surface area contributed by atoms with Gasteiger partial charge in [-0.25, -0.2) is 4.98 Å². The zero-order valence-electron chi connectivity index (χ0n) is 11.7. The number of aromatic amines is 1. The third-order valence-corrected chi connectivity index (χ3v) is 4.17. The Hall–Kier alpha value is -1.56. The van der Waals surface area contributed by atoms with E-state index < -0.39 is 6.10 Å². The first-order valence-electron chi connectivity index (χ1n) is 6.89. The Morgan fingerprint density at radius 2 is 2.00 bits per heavy atom. The molecule has 0 bridgehead atoms. The summed E-state index contributed by atoms with van der Waals surface area (Å²) < 4.78 is 1.02. The fourth-order valence-corrected chi connectivity index (χ4v) is 2.62. The van der Waals surface area contributed by atoms with Crippen molar-refractivity contribution < 1.29 is 5.11 Å². The minimum Gasteiger partial charge on any atom is -0.390 e. The summed E-state index contributed by atoms with van der Waals surface area (Å²) in [6.45, 7) is 0.432. The molecule has 3 aromatic rings. The van der Waals surface area contributed by atoms with Gasteiger partial charge in [0.25, 0.3) is 0 Å². The van der Waals surface area contributed by atoms with Gasteiger partial charge in [0.1, 0.15) is 5.82 Å². The van der Waals surface area contributed by atoms with Crippen LogP contribution in [0, 0.1) is 0 Å². The lowest BCUT2D eigenvalue weighted by Gasteiger charge is -2.10. The topological polar surface area (TPSA) is 60.9 Å². The van der Waals surface area contributed by atoms with Crippen LogP contribution in [0.3, 0.4) is 0 Å². The minimum absolute atomic E-state index is 0.222. The molecule has 0 aliphatic heterocycles. The fourth-order valence-electron chi connectivity index (χ4n) is 2.15. The third-order valence-electron chi connectivity index (χ3n) is 3.32. The van der Waals surface area contributed by atoms with E-state index in [1.807, 2.05) is 42.5 Å². The van der Waals surface area contributed by atoms with Crippen LogP contribution in [-0.4, -0.2) is 33.6 Å². The molecule has 3 rings (SSSR count). The number of nitrogens with zero attached hydrogens (tertiary/aromatic N) is 1.